The van der Waals surface area contributed by atoms with Crippen LogP contribution < -0.4 is 16.0 Å². The van der Waals surface area contributed by atoms with Crippen LogP contribution in [0.3, 0.4) is 0 Å². The van der Waals surface area contributed by atoms with Crippen molar-refractivity contribution in [2.75, 3.05) is 36.9 Å². The van der Waals surface area contributed by atoms with E-state index < -0.39 is 79.6 Å². The van der Waals surface area contributed by atoms with Gasteiger partial charge in [-0.2, -0.15) is 21.6 Å². The number of aliphatic hydroxyl groups is 1. The molecule has 9 N–H and O–H groups in total. The number of nitrogens with one attached hydrogen (secondary N) is 1. The van der Waals surface area contributed by atoms with Crippen molar-refractivity contribution in [3.63, 3.8) is 0 Å². The van der Waals surface area contributed by atoms with Gasteiger partial charge in [0.2, 0.25) is 11.6 Å². The molecule has 1 saturated heterocycles. The van der Waals surface area contributed by atoms with Gasteiger partial charge in [0.05, 0.1) is 45.4 Å². The highest BCUT2D eigenvalue weighted by molar-refractivity contribution is 7.86. The van der Waals surface area contributed by atoms with Gasteiger partial charge in [-0.25, -0.2) is 32.1 Å². The molecular formula is C47H58N7O19P3S2. The number of likely N-dealkylation sites (N-methyl/N-ethyl adjacent to an activating group) is 1. The van der Waals surface area contributed by atoms with Gasteiger partial charge in [-0.3, -0.25) is 13.9 Å². The normalized spacial score (nSPS) is 21.3. The highest BCUT2D eigenvalue weighted by Crippen LogP contribution is 2.66. The number of aliphatic hydroxyl groups excluding tert-OH is 1. The first-order valence-electron chi connectivity index (χ1n) is 23.9. The number of nitrogens with two attached hydrogens (primary N) is 1. The summed E-state index contributed by atoms with van der Waals surface area (Å²) in [6, 6.07) is 8.89. The van der Waals surface area contributed by atoms with Gasteiger partial charge < -0.3 is 54.5 Å². The Morgan fingerprint density at radius 1 is 0.962 bits per heavy atom. The number of carbonyl (C=O) groups excluding carboxylic acids is 1. The number of amides is 1. The largest absolute Gasteiger partial charge is 0.744 e. The summed E-state index contributed by atoms with van der Waals surface area (Å²) in [7, 11) is -26.0. The topological polar surface area (TPSA) is 393 Å². The molecule has 4 aromatic rings. The summed E-state index contributed by atoms with van der Waals surface area (Å²) in [5.41, 5.74) is 10.2. The predicted molar refractivity (Wildman–Crippen MR) is 281 cm³/mol. The van der Waals surface area contributed by atoms with Crippen LogP contribution in [0.15, 0.2) is 94.8 Å². The van der Waals surface area contributed by atoms with Crippen LogP contribution in [-0.2, 0) is 67.4 Å². The number of allylic oxidation sites excluding steroid dienone is 6. The summed E-state index contributed by atoms with van der Waals surface area (Å²) in [5.74, 6) is 5.59. The number of fused-ring (bicyclic) bond motifs is 3. The van der Waals surface area contributed by atoms with Crippen LogP contribution in [0.2, 0.25) is 0 Å². The number of carbonyl (C=O) groups is 1. The van der Waals surface area contributed by atoms with Crippen LogP contribution in [0.1, 0.15) is 89.6 Å². The molecule has 5 heterocycles. The van der Waals surface area contributed by atoms with Crippen LogP contribution >= 0.6 is 23.5 Å². The quantitative estimate of drug-likeness (QED) is 0.0135. The maximum atomic E-state index is 12.9. The Morgan fingerprint density at radius 3 is 2.35 bits per heavy atom. The average Bonchev–Trinajstić information content (AvgIpc) is 4.05. The van der Waals surface area contributed by atoms with Crippen molar-refractivity contribution >= 4 is 83.5 Å². The van der Waals surface area contributed by atoms with E-state index in [-0.39, 0.29) is 46.5 Å². The molecule has 0 radical (unpaired) electrons. The van der Waals surface area contributed by atoms with Gasteiger partial charge in [0.1, 0.15) is 46.8 Å². The third kappa shape index (κ3) is 13.8. The van der Waals surface area contributed by atoms with Crippen LogP contribution in [0.25, 0.3) is 11.0 Å². The van der Waals surface area contributed by atoms with Crippen LogP contribution in [-0.4, -0.2) is 120 Å². The minimum Gasteiger partial charge on any atom is -0.744 e. The van der Waals surface area contributed by atoms with Crippen LogP contribution in [0.5, 0.6) is 0 Å². The highest BCUT2D eigenvalue weighted by atomic mass is 32.2. The van der Waals surface area contributed by atoms with Crippen molar-refractivity contribution < 1.29 is 91.6 Å². The SMILES string of the molecule is CCN1/C(=C/C=C/C=C/C2=[N+](CCCCCC(=O)NCC#Cc3cn([C@H]4C[C@H](O)[C@@H](COP(=O)(O)OP(=O)(O)OP(=O)(O)O)O4)c4ncnc(N)c34)c3ccc(S(=O)(=O)O)cc3C2(C)C)C(C)(C)c2cc(S(=O)(=O)[O-])ccc21. The van der Waals surface area contributed by atoms with Gasteiger partial charge in [-0.15, -0.1) is 0 Å². The third-order valence-electron chi connectivity index (χ3n) is 13.2. The van der Waals surface area contributed by atoms with Gasteiger partial charge in [-0.1, -0.05) is 43.9 Å². The molecule has 3 aliphatic rings. The summed E-state index contributed by atoms with van der Waals surface area (Å²) in [6.45, 7) is 9.96. The number of rotatable bonds is 21. The second kappa shape index (κ2) is 23.1. The lowest BCUT2D eigenvalue weighted by Gasteiger charge is -2.25. The van der Waals surface area contributed by atoms with E-state index in [2.05, 4.69) is 49.7 Å². The van der Waals surface area contributed by atoms with Crippen molar-refractivity contribution in [2.45, 2.75) is 106 Å². The molecule has 2 unspecified atom stereocenters. The number of aromatic nitrogens is 3. The molecule has 0 spiro atoms. The number of nitrogens with zero attached hydrogens (tertiary/aromatic N) is 5. The molecule has 0 saturated carbocycles. The average molecular weight is 1180 g/mol. The van der Waals surface area contributed by atoms with Gasteiger partial charge in [0.15, 0.2) is 5.71 Å². The van der Waals surface area contributed by atoms with Crippen molar-refractivity contribution in [3.8, 4) is 11.8 Å². The molecule has 1 amide bonds. The Morgan fingerprint density at radius 2 is 1.67 bits per heavy atom. The summed E-state index contributed by atoms with van der Waals surface area (Å²) >= 11 is 0. The summed E-state index contributed by atoms with van der Waals surface area (Å²) in [6.07, 6.45) is 10.3. The van der Waals surface area contributed by atoms with E-state index in [4.69, 9.17) is 20.3 Å². The fourth-order valence-electron chi connectivity index (χ4n) is 9.60. The second-order valence-corrected chi connectivity index (χ2v) is 26.5. The summed E-state index contributed by atoms with van der Waals surface area (Å²) in [5, 5.41) is 13.8. The lowest BCUT2D eigenvalue weighted by molar-refractivity contribution is -0.438. The minimum atomic E-state index is -5.77. The number of hydrogen-bond acceptors (Lipinski definition) is 18. The fourth-order valence-corrected chi connectivity index (χ4v) is 13.6. The Balaban J connectivity index is 0.966. The lowest BCUT2D eigenvalue weighted by atomic mass is 9.81. The van der Waals surface area contributed by atoms with Gasteiger partial charge in [-0.05, 0) is 75.6 Å². The van der Waals surface area contributed by atoms with E-state index in [0.717, 1.165) is 28.3 Å². The zero-order chi connectivity index (χ0) is 57.4. The zero-order valence-electron chi connectivity index (χ0n) is 42.6. The third-order valence-corrected chi connectivity index (χ3v) is 18.7. The van der Waals surface area contributed by atoms with Gasteiger partial charge in [0, 0.05) is 66.5 Å². The number of ether oxygens (including phenoxy) is 1. The molecule has 26 nitrogen and oxygen atoms in total. The first kappa shape index (κ1) is 60.4. The monoisotopic (exact) mass is 1180 g/mol. The van der Waals surface area contributed by atoms with E-state index in [1.165, 1.54) is 41.4 Å². The minimum absolute atomic E-state index is 0.0476. The first-order valence-corrected chi connectivity index (χ1v) is 31.3. The number of anilines is 2. The van der Waals surface area contributed by atoms with Gasteiger partial charge in [0.25, 0.3) is 10.1 Å². The lowest BCUT2D eigenvalue weighted by Crippen LogP contribution is -2.28. The molecule has 3 aliphatic heterocycles. The number of phosphoric ester groups is 1. The van der Waals surface area contributed by atoms with Crippen molar-refractivity contribution in [1.82, 2.24) is 19.9 Å². The van der Waals surface area contributed by atoms with Gasteiger partial charge >= 0.3 is 23.5 Å². The number of benzene rings is 2. The number of nitrogen functional groups attached to an aromatic ring is 1. The number of hydrogen-bond donors (Lipinski definition) is 8. The second-order valence-electron chi connectivity index (χ2n) is 19.2. The summed E-state index contributed by atoms with van der Waals surface area (Å²) < 4.78 is 126. The number of phosphoric acid groups is 3. The van der Waals surface area contributed by atoms with Crippen molar-refractivity contribution in [3.05, 3.63) is 102 Å². The molecule has 1 fully saturated rings. The zero-order valence-corrected chi connectivity index (χ0v) is 46.9. The van der Waals surface area contributed by atoms with E-state index in [1.54, 1.807) is 12.1 Å². The molecular weight excluding hydrogens is 1120 g/mol. The maximum absolute atomic E-state index is 12.9. The van der Waals surface area contributed by atoms with Crippen molar-refractivity contribution in [1.29, 1.82) is 0 Å². The maximum Gasteiger partial charge on any atom is 0.490 e. The van der Waals surface area contributed by atoms with E-state index in [1.807, 2.05) is 65.0 Å². The van der Waals surface area contributed by atoms with E-state index in [0.29, 0.717) is 48.9 Å². The summed E-state index contributed by atoms with van der Waals surface area (Å²) in [4.78, 5) is 59.6. The molecule has 5 atom stereocenters. The smallest absolute Gasteiger partial charge is 0.490 e. The number of unbranched alkanes of at least 4 members (excludes halogenated alkanes) is 2. The Kier molecular flexibility index (Phi) is 17.9. The van der Waals surface area contributed by atoms with Crippen LogP contribution in [0, 0.1) is 11.8 Å². The molecule has 31 heteroatoms. The molecule has 2 aromatic heterocycles. The van der Waals surface area contributed by atoms with E-state index >= 15 is 0 Å². The Labute approximate surface area is 449 Å². The molecule has 422 valence electrons. The molecule has 0 bridgehead atoms. The Hall–Kier alpha value is -5.27. The standard InChI is InChI=1S/C47H58N7O19P3S2/c1-6-52-35-20-18-31(77(64,65)66)24-33(35)46(2,3)39(52)15-9-7-10-16-40-47(4,5)34-25-32(78(67,68)69)19-21-36(34)53(40)23-12-8-11-17-41(56)49-22-13-14-30-27-54(45-43(30)44(48)50-29-51-45)42-26-37(55)38(71-42)28-70-75(60,61)73-76(62,63)72-74(57,58)59/h7,9-10,15-16,18-21,24-25,27,29,37-38,42,55H,6,8,11-12,17,22-23,26,28H2,1-5H3,(H8-,48,49,50,51,56,57,58,59,60,61,62,63,64,65,66,67,68,69)/t37-,38+,42+/m0/s1. The molecule has 0 aliphatic carbocycles. The van der Waals surface area contributed by atoms with Crippen molar-refractivity contribution in [2.24, 2.45) is 0 Å². The first-order chi connectivity index (χ1) is 36.2. The predicted octanol–water partition coefficient (Wildman–Crippen LogP) is 5.07. The highest BCUT2D eigenvalue weighted by Gasteiger charge is 2.46. The fraction of sp³-hybridized carbons (Fsp3) is 0.404. The van der Waals surface area contributed by atoms with Crippen LogP contribution in [0.4, 0.5) is 17.2 Å². The molecule has 78 heavy (non-hydrogen) atoms. The molecule has 2 aromatic carbocycles. The Bertz CT molecular complexity index is 3600. The molecule has 7 rings (SSSR count). The van der Waals surface area contributed by atoms with E-state index in [9.17, 15) is 59.3 Å².